The van der Waals surface area contributed by atoms with E-state index in [1.54, 1.807) is 41.3 Å². The van der Waals surface area contributed by atoms with Crippen LogP contribution in [-0.4, -0.2) is 35.2 Å². The van der Waals surface area contributed by atoms with Crippen molar-refractivity contribution in [2.24, 2.45) is 0 Å². The first-order valence-corrected chi connectivity index (χ1v) is 7.81. The second-order valence-electron chi connectivity index (χ2n) is 5.76. The van der Waals surface area contributed by atoms with Gasteiger partial charge in [-0.25, -0.2) is 9.18 Å². The second-order valence-corrected chi connectivity index (χ2v) is 5.76. The molecule has 1 heterocycles. The maximum atomic E-state index is 12.9. The summed E-state index contributed by atoms with van der Waals surface area (Å²) in [6, 6.07) is 13.0. The van der Waals surface area contributed by atoms with Crippen molar-refractivity contribution in [2.75, 3.05) is 18.4 Å². The van der Waals surface area contributed by atoms with Crippen LogP contribution in [0.2, 0.25) is 0 Å². The standard InChI is InChI=1S/C18H19FN2O3/c19-14-6-4-13(5-7-14)12-24-17-3-1-2-15(10-17)20-18(23)21-9-8-16(22)11-21/h1-7,10,16,22H,8-9,11-12H2,(H,20,23)/t16-/m0/s1. The summed E-state index contributed by atoms with van der Waals surface area (Å²) in [5, 5.41) is 12.3. The summed E-state index contributed by atoms with van der Waals surface area (Å²) >= 11 is 0. The number of nitrogens with one attached hydrogen (secondary N) is 1. The van der Waals surface area contributed by atoms with Gasteiger partial charge in [0.1, 0.15) is 18.2 Å². The zero-order valence-corrected chi connectivity index (χ0v) is 13.1. The minimum Gasteiger partial charge on any atom is -0.489 e. The molecular weight excluding hydrogens is 311 g/mol. The molecule has 0 aliphatic carbocycles. The van der Waals surface area contributed by atoms with Crippen molar-refractivity contribution >= 4 is 11.7 Å². The molecule has 0 aromatic heterocycles. The molecule has 0 unspecified atom stereocenters. The Morgan fingerprint density at radius 3 is 2.79 bits per heavy atom. The molecular formula is C18H19FN2O3. The molecule has 1 aliphatic heterocycles. The lowest BCUT2D eigenvalue weighted by atomic mass is 10.2. The van der Waals surface area contributed by atoms with Crippen LogP contribution in [0.3, 0.4) is 0 Å². The van der Waals surface area contributed by atoms with E-state index in [-0.39, 0.29) is 11.8 Å². The van der Waals surface area contributed by atoms with E-state index in [1.165, 1.54) is 12.1 Å². The molecule has 0 saturated carbocycles. The molecule has 5 nitrogen and oxygen atoms in total. The third kappa shape index (κ3) is 4.23. The Labute approximate surface area is 139 Å². The number of benzene rings is 2. The number of ether oxygens (including phenoxy) is 1. The molecule has 1 fully saturated rings. The first-order valence-electron chi connectivity index (χ1n) is 7.81. The molecule has 24 heavy (non-hydrogen) atoms. The van der Waals surface area contributed by atoms with E-state index >= 15 is 0 Å². The largest absolute Gasteiger partial charge is 0.489 e. The van der Waals surface area contributed by atoms with E-state index in [0.717, 1.165) is 5.56 Å². The van der Waals surface area contributed by atoms with Crippen LogP contribution in [0.15, 0.2) is 48.5 Å². The molecule has 6 heteroatoms. The molecule has 3 rings (SSSR count). The van der Waals surface area contributed by atoms with E-state index in [0.29, 0.717) is 37.6 Å². The number of likely N-dealkylation sites (tertiary alicyclic amines) is 1. The van der Waals surface area contributed by atoms with Crippen molar-refractivity contribution in [2.45, 2.75) is 19.1 Å². The van der Waals surface area contributed by atoms with Crippen LogP contribution >= 0.6 is 0 Å². The van der Waals surface area contributed by atoms with Crippen molar-refractivity contribution in [3.8, 4) is 5.75 Å². The summed E-state index contributed by atoms with van der Waals surface area (Å²) in [4.78, 5) is 13.7. The molecule has 0 spiro atoms. The van der Waals surface area contributed by atoms with Crippen LogP contribution in [-0.2, 0) is 6.61 Å². The average molecular weight is 330 g/mol. The summed E-state index contributed by atoms with van der Waals surface area (Å²) in [7, 11) is 0. The molecule has 0 radical (unpaired) electrons. The number of β-amino-alcohol motifs (C(OH)–C–C–N with tert-alkyl or cyclic N) is 1. The van der Waals surface area contributed by atoms with Gasteiger partial charge in [-0.1, -0.05) is 18.2 Å². The van der Waals surface area contributed by atoms with Crippen molar-refractivity contribution in [3.63, 3.8) is 0 Å². The highest BCUT2D eigenvalue weighted by Gasteiger charge is 2.24. The minimum absolute atomic E-state index is 0.234. The lowest BCUT2D eigenvalue weighted by Gasteiger charge is -2.17. The van der Waals surface area contributed by atoms with Gasteiger partial charge in [-0.2, -0.15) is 0 Å². The predicted octanol–water partition coefficient (Wildman–Crippen LogP) is 3.00. The fourth-order valence-corrected chi connectivity index (χ4v) is 2.54. The van der Waals surface area contributed by atoms with E-state index in [1.807, 2.05) is 0 Å². The smallest absolute Gasteiger partial charge is 0.321 e. The van der Waals surface area contributed by atoms with E-state index in [4.69, 9.17) is 4.74 Å². The Kier molecular flexibility index (Phi) is 4.96. The molecule has 2 N–H and O–H groups in total. The average Bonchev–Trinajstić information content (AvgIpc) is 3.01. The Hall–Kier alpha value is -2.60. The number of anilines is 1. The number of urea groups is 1. The Balaban J connectivity index is 1.57. The van der Waals surface area contributed by atoms with E-state index in [2.05, 4.69) is 5.32 Å². The number of carbonyl (C=O) groups excluding carboxylic acids is 1. The molecule has 2 amide bonds. The normalized spacial score (nSPS) is 16.9. The van der Waals surface area contributed by atoms with E-state index < -0.39 is 6.10 Å². The Bertz CT molecular complexity index is 706. The van der Waals surface area contributed by atoms with Gasteiger partial charge in [0.2, 0.25) is 0 Å². The number of carbonyl (C=O) groups is 1. The van der Waals surface area contributed by atoms with Gasteiger partial charge in [0.05, 0.1) is 6.10 Å². The fraction of sp³-hybridized carbons (Fsp3) is 0.278. The van der Waals surface area contributed by atoms with Gasteiger partial charge in [0.15, 0.2) is 0 Å². The maximum Gasteiger partial charge on any atom is 0.321 e. The van der Waals surface area contributed by atoms with Gasteiger partial charge in [-0.3, -0.25) is 0 Å². The second kappa shape index (κ2) is 7.31. The Morgan fingerprint density at radius 1 is 1.29 bits per heavy atom. The maximum absolute atomic E-state index is 12.9. The number of aliphatic hydroxyl groups is 1. The van der Waals surface area contributed by atoms with Gasteiger partial charge in [-0.05, 0) is 36.2 Å². The lowest BCUT2D eigenvalue weighted by Crippen LogP contribution is -2.33. The first kappa shape index (κ1) is 16.3. The summed E-state index contributed by atoms with van der Waals surface area (Å²) in [5.74, 6) is 0.328. The number of rotatable bonds is 4. The number of nitrogens with zero attached hydrogens (tertiary/aromatic N) is 1. The zero-order chi connectivity index (χ0) is 16.9. The molecule has 1 atom stereocenters. The van der Waals surface area contributed by atoms with Gasteiger partial charge >= 0.3 is 6.03 Å². The highest BCUT2D eigenvalue weighted by atomic mass is 19.1. The first-order chi connectivity index (χ1) is 11.6. The third-order valence-corrected chi connectivity index (χ3v) is 3.85. The highest BCUT2D eigenvalue weighted by Crippen LogP contribution is 2.20. The van der Waals surface area contributed by atoms with Crippen LogP contribution in [0.25, 0.3) is 0 Å². The van der Waals surface area contributed by atoms with Crippen molar-refractivity contribution < 1.29 is 19.0 Å². The van der Waals surface area contributed by atoms with Gasteiger partial charge in [0, 0.05) is 24.8 Å². The van der Waals surface area contributed by atoms with Gasteiger partial charge in [-0.15, -0.1) is 0 Å². The van der Waals surface area contributed by atoms with E-state index in [9.17, 15) is 14.3 Å². The van der Waals surface area contributed by atoms with Crippen molar-refractivity contribution in [1.82, 2.24) is 4.90 Å². The fourth-order valence-electron chi connectivity index (χ4n) is 2.54. The molecule has 2 aromatic rings. The van der Waals surface area contributed by atoms with Crippen LogP contribution in [0, 0.1) is 5.82 Å². The topological polar surface area (TPSA) is 61.8 Å². The summed E-state index contributed by atoms with van der Waals surface area (Å²) < 4.78 is 18.5. The number of aliphatic hydroxyl groups excluding tert-OH is 1. The Morgan fingerprint density at radius 2 is 2.08 bits per heavy atom. The molecule has 0 bridgehead atoms. The van der Waals surface area contributed by atoms with Crippen LogP contribution in [0.4, 0.5) is 14.9 Å². The molecule has 2 aromatic carbocycles. The van der Waals surface area contributed by atoms with Crippen LogP contribution in [0.5, 0.6) is 5.75 Å². The van der Waals surface area contributed by atoms with Gasteiger partial charge < -0.3 is 20.1 Å². The SMILES string of the molecule is O=C(Nc1cccc(OCc2ccc(F)cc2)c1)N1CC[C@H](O)C1. The number of amides is 2. The molecule has 126 valence electrons. The van der Waals surface area contributed by atoms with Crippen molar-refractivity contribution in [3.05, 3.63) is 59.9 Å². The number of hydrogen-bond donors (Lipinski definition) is 2. The van der Waals surface area contributed by atoms with Crippen LogP contribution in [0.1, 0.15) is 12.0 Å². The zero-order valence-electron chi connectivity index (χ0n) is 13.1. The number of hydrogen-bond acceptors (Lipinski definition) is 3. The molecule has 1 saturated heterocycles. The molecule has 1 aliphatic rings. The lowest BCUT2D eigenvalue weighted by molar-refractivity contribution is 0.176. The predicted molar refractivity (Wildman–Crippen MR) is 88.4 cm³/mol. The third-order valence-electron chi connectivity index (χ3n) is 3.85. The van der Waals surface area contributed by atoms with Crippen molar-refractivity contribution in [1.29, 1.82) is 0 Å². The summed E-state index contributed by atoms with van der Waals surface area (Å²) in [6.07, 6.45) is 0.162. The summed E-state index contributed by atoms with van der Waals surface area (Å²) in [5.41, 5.74) is 1.48. The van der Waals surface area contributed by atoms with Gasteiger partial charge in [0.25, 0.3) is 0 Å². The summed E-state index contributed by atoms with van der Waals surface area (Å²) in [6.45, 7) is 1.22. The highest BCUT2D eigenvalue weighted by molar-refractivity contribution is 5.89. The number of halogens is 1. The van der Waals surface area contributed by atoms with Crippen LogP contribution < -0.4 is 10.1 Å². The quantitative estimate of drug-likeness (QED) is 0.906. The monoisotopic (exact) mass is 330 g/mol. The minimum atomic E-state index is -0.443.